The lowest BCUT2D eigenvalue weighted by molar-refractivity contribution is 0.394. The van der Waals surface area contributed by atoms with Crippen LogP contribution in [0.1, 0.15) is 184 Å². The van der Waals surface area contributed by atoms with Crippen molar-refractivity contribution in [2.45, 2.75) is 190 Å². The first kappa shape index (κ1) is 62.1. The van der Waals surface area contributed by atoms with Crippen LogP contribution in [-0.2, 0) is 80.2 Å². The Balaban J connectivity index is 0.000000414. The quantitative estimate of drug-likeness (QED) is 0.167. The van der Waals surface area contributed by atoms with E-state index in [4.69, 9.17) is 0 Å². The number of nitrogens with one attached hydrogen (secondary N) is 1. The number of rotatable bonds is 7. The molecule has 0 bridgehead atoms. The third-order valence-corrected chi connectivity index (χ3v) is 9.93. The van der Waals surface area contributed by atoms with Gasteiger partial charge in [0.2, 0.25) is 0 Å². The second kappa shape index (κ2) is 26.4. The number of aromatic amines is 1. The van der Waals surface area contributed by atoms with E-state index in [1.807, 2.05) is 70.8 Å². The highest BCUT2D eigenvalue weighted by Gasteiger charge is 2.18. The second-order valence-corrected chi connectivity index (χ2v) is 26.1. The minimum atomic E-state index is 0.279. The van der Waals surface area contributed by atoms with Crippen LogP contribution >= 0.6 is 0 Å². The van der Waals surface area contributed by atoms with Crippen LogP contribution in [0.2, 0.25) is 0 Å². The van der Waals surface area contributed by atoms with Crippen LogP contribution in [0.4, 0.5) is 0 Å². The molecule has 0 amide bonds. The zero-order chi connectivity index (χ0) is 53.3. The zero-order valence-electron chi connectivity index (χ0n) is 48.8. The molecule has 0 radical (unpaired) electrons. The average molecular weight is 958 g/mol. The summed E-state index contributed by atoms with van der Waals surface area (Å²) >= 11 is 0. The summed E-state index contributed by atoms with van der Waals surface area (Å²) in [5.74, 6) is 6.52. The third kappa shape index (κ3) is 29.0. The highest BCUT2D eigenvalue weighted by Crippen LogP contribution is 2.23. The smallest absolute Gasteiger partial charge is 0.151 e. The summed E-state index contributed by atoms with van der Waals surface area (Å²) in [6.45, 7) is 46.1. The molecule has 6 aromatic heterocycles. The molecule has 0 atom stereocenters. The number of aromatic nitrogens is 14. The first-order chi connectivity index (χ1) is 31.2. The van der Waals surface area contributed by atoms with Crippen LogP contribution in [0.5, 0.6) is 0 Å². The summed E-state index contributed by atoms with van der Waals surface area (Å²) in [6.07, 6.45) is 20.3. The number of H-pyrrole nitrogens is 1. The Morgan fingerprint density at radius 2 is 1.00 bits per heavy atom. The van der Waals surface area contributed by atoms with E-state index >= 15 is 0 Å². The maximum Gasteiger partial charge on any atom is 0.151 e. The highest BCUT2D eigenvalue weighted by atomic mass is 15.3. The molecule has 14 nitrogen and oxygen atoms in total. The van der Waals surface area contributed by atoms with Crippen molar-refractivity contribution in [3.05, 3.63) is 95.7 Å². The van der Waals surface area contributed by atoms with Crippen molar-refractivity contribution in [2.24, 2.45) is 67.7 Å². The Labute approximate surface area is 420 Å². The Morgan fingerprint density at radius 3 is 1.36 bits per heavy atom. The monoisotopic (exact) mass is 957 g/mol. The fraction of sp³-hybridized carbons (Fsp3) is 0.709. The molecule has 6 heterocycles. The van der Waals surface area contributed by atoms with Gasteiger partial charge in [0.15, 0.2) is 5.82 Å². The predicted octanol–water partition coefficient (Wildman–Crippen LogP) is 12.0. The Bertz CT molecular complexity index is 2190. The van der Waals surface area contributed by atoms with Gasteiger partial charge in [-0.05, 0) is 52.8 Å². The molecule has 6 aromatic rings. The molecule has 0 aliphatic rings. The maximum absolute atomic E-state index is 4.36. The topological polar surface area (TPSA) is 144 Å². The minimum absolute atomic E-state index is 0.279. The zero-order valence-corrected chi connectivity index (χ0v) is 48.8. The van der Waals surface area contributed by atoms with E-state index in [1.165, 1.54) is 17.2 Å². The van der Waals surface area contributed by atoms with Gasteiger partial charge in [0, 0.05) is 116 Å². The van der Waals surface area contributed by atoms with Gasteiger partial charge in [-0.1, -0.05) is 132 Å². The van der Waals surface area contributed by atoms with Gasteiger partial charge < -0.3 is 23.3 Å². The normalized spacial score (nSPS) is 12.0. The van der Waals surface area contributed by atoms with Gasteiger partial charge in [-0.15, -0.1) is 10.2 Å². The molecule has 6 rings (SSSR count). The van der Waals surface area contributed by atoms with Crippen molar-refractivity contribution in [1.82, 2.24) is 68.2 Å². The molecule has 0 aliphatic heterocycles. The van der Waals surface area contributed by atoms with Crippen LogP contribution in [0.25, 0.3) is 0 Å². The molecule has 0 fully saturated rings. The average Bonchev–Trinajstić information content (AvgIpc) is 4.03. The van der Waals surface area contributed by atoms with Crippen LogP contribution in [0.3, 0.4) is 0 Å². The molecular formula is C55H100N14. The van der Waals surface area contributed by atoms with E-state index in [-0.39, 0.29) is 10.8 Å². The standard InChI is InChI=1S/C10H19N3.C10H18N2.3C9H16N2.C8H15N3/c1-6-8-11-12-9(13(8)5)7-10(2,3)4;1-8-7-11-9(12(8)5)6-10(2,3)4;1-9(2,3)5-8-6-11(4)7-10-8;1-7-6-10-8(11-7)5-9(2,3)4;1-9(2,3)7-8-10-5-6-11(8)4;1-8(2,3)5-7-9-6-11(4)10-7/h6-7H2,1-5H3;7H,6H2,1-5H3;6-7H,5H2,1-4H3;6H,5H2,1-4H3,(H,10,11);5-6H,7H2,1-4H3;6H,5H2,1-4H3. The van der Waals surface area contributed by atoms with Crippen molar-refractivity contribution in [3.63, 3.8) is 0 Å². The van der Waals surface area contributed by atoms with E-state index in [0.717, 1.165) is 79.8 Å². The first-order valence-corrected chi connectivity index (χ1v) is 24.9. The lowest BCUT2D eigenvalue weighted by atomic mass is 9.91. The summed E-state index contributed by atoms with van der Waals surface area (Å²) in [4.78, 5) is 24.5. The van der Waals surface area contributed by atoms with Crippen molar-refractivity contribution in [1.29, 1.82) is 0 Å². The van der Waals surface area contributed by atoms with Crippen LogP contribution < -0.4 is 0 Å². The molecule has 14 heteroatoms. The molecule has 1 N–H and O–H groups in total. The lowest BCUT2D eigenvalue weighted by Gasteiger charge is -2.17. The summed E-state index contributed by atoms with van der Waals surface area (Å²) in [5, 5.41) is 12.5. The van der Waals surface area contributed by atoms with E-state index in [0.29, 0.717) is 21.7 Å². The number of nitrogens with zero attached hydrogens (tertiary/aromatic N) is 13. The molecule has 0 aromatic carbocycles. The van der Waals surface area contributed by atoms with Gasteiger partial charge in [0.1, 0.15) is 35.4 Å². The molecular weight excluding hydrogens is 857 g/mol. The van der Waals surface area contributed by atoms with Gasteiger partial charge in [0.05, 0.1) is 12.0 Å². The van der Waals surface area contributed by atoms with Gasteiger partial charge in [-0.2, -0.15) is 5.10 Å². The van der Waals surface area contributed by atoms with E-state index in [1.54, 1.807) is 11.0 Å². The number of imidazole rings is 4. The van der Waals surface area contributed by atoms with Crippen molar-refractivity contribution in [2.75, 3.05) is 0 Å². The molecule has 0 unspecified atom stereocenters. The Kier molecular flexibility index (Phi) is 23.7. The predicted molar refractivity (Wildman–Crippen MR) is 288 cm³/mol. The van der Waals surface area contributed by atoms with Crippen molar-refractivity contribution < 1.29 is 0 Å². The van der Waals surface area contributed by atoms with Gasteiger partial charge >= 0.3 is 0 Å². The van der Waals surface area contributed by atoms with Crippen LogP contribution in [0, 0.1) is 46.3 Å². The van der Waals surface area contributed by atoms with Crippen LogP contribution in [-0.4, -0.2) is 68.2 Å². The minimum Gasteiger partial charge on any atom is -0.346 e. The van der Waals surface area contributed by atoms with E-state index in [9.17, 15) is 0 Å². The fourth-order valence-electron chi connectivity index (χ4n) is 6.66. The third-order valence-electron chi connectivity index (χ3n) is 9.93. The van der Waals surface area contributed by atoms with Gasteiger partial charge in [-0.25, -0.2) is 24.9 Å². The van der Waals surface area contributed by atoms with Gasteiger partial charge in [0.25, 0.3) is 0 Å². The number of hydrogen-bond acceptors (Lipinski definition) is 8. The summed E-state index contributed by atoms with van der Waals surface area (Å²) in [5.41, 5.74) is 5.44. The lowest BCUT2D eigenvalue weighted by Crippen LogP contribution is -2.13. The van der Waals surface area contributed by atoms with E-state index < -0.39 is 0 Å². The maximum atomic E-state index is 4.36. The Morgan fingerprint density at radius 1 is 0.493 bits per heavy atom. The molecule has 390 valence electrons. The van der Waals surface area contributed by atoms with Crippen LogP contribution in [0.15, 0.2) is 43.6 Å². The Hall–Kier alpha value is -4.88. The molecule has 0 saturated carbocycles. The van der Waals surface area contributed by atoms with Crippen molar-refractivity contribution >= 4 is 0 Å². The highest BCUT2D eigenvalue weighted by molar-refractivity contribution is 5.04. The second-order valence-electron chi connectivity index (χ2n) is 26.1. The molecule has 0 spiro atoms. The molecule has 0 aliphatic carbocycles. The first-order valence-electron chi connectivity index (χ1n) is 24.9. The molecule has 0 saturated heterocycles. The summed E-state index contributed by atoms with van der Waals surface area (Å²) < 4.78 is 10.1. The summed E-state index contributed by atoms with van der Waals surface area (Å²) in [7, 11) is 10.0. The largest absolute Gasteiger partial charge is 0.346 e. The van der Waals surface area contributed by atoms with Crippen molar-refractivity contribution in [3.8, 4) is 0 Å². The summed E-state index contributed by atoms with van der Waals surface area (Å²) in [6, 6.07) is 0. The number of aryl methyl sites for hydroxylation is 6. The fourth-order valence-corrected chi connectivity index (χ4v) is 6.66. The molecule has 69 heavy (non-hydrogen) atoms. The number of hydrogen-bond donors (Lipinski definition) is 1. The van der Waals surface area contributed by atoms with Gasteiger partial charge in [-0.3, -0.25) is 4.68 Å². The van der Waals surface area contributed by atoms with E-state index in [2.05, 4.69) is 211 Å². The SMILES string of the molecule is CCc1nnc(CC(C)(C)C)n1C.Cc1cnc(CC(C)(C)C)[nH]1.Cc1cnc(CC(C)(C)C)n1C.Cn1ccnc1CC(C)(C)C.Cn1cnc(CC(C)(C)C)c1.Cn1cnc(CC(C)(C)C)n1.